The fourth-order valence-corrected chi connectivity index (χ4v) is 1.14. The van der Waals surface area contributed by atoms with Crippen molar-refractivity contribution in [2.75, 3.05) is 13.2 Å². The first-order valence-corrected chi connectivity index (χ1v) is 5.15. The van der Waals surface area contributed by atoms with E-state index in [1.165, 1.54) is 0 Å². The van der Waals surface area contributed by atoms with Gasteiger partial charge in [0.05, 0.1) is 19.8 Å². The van der Waals surface area contributed by atoms with Gasteiger partial charge in [-0.05, 0) is 5.56 Å². The predicted octanol–water partition coefficient (Wildman–Crippen LogP) is 3.65. The second-order valence-electron chi connectivity index (χ2n) is 3.27. The molecule has 0 aromatic heterocycles. The van der Waals surface area contributed by atoms with E-state index in [1.54, 1.807) is 0 Å². The number of benzene rings is 1. The van der Waals surface area contributed by atoms with Gasteiger partial charge in [-0.2, -0.15) is 13.2 Å². The van der Waals surface area contributed by atoms with Gasteiger partial charge >= 0.3 is 12.1 Å². The Balaban J connectivity index is 2.04. The second-order valence-corrected chi connectivity index (χ2v) is 3.27. The summed E-state index contributed by atoms with van der Waals surface area (Å²) >= 11 is 0. The van der Waals surface area contributed by atoms with Crippen LogP contribution in [-0.4, -0.2) is 13.2 Å². The Morgan fingerprint density at radius 3 is 2.35 bits per heavy atom. The minimum absolute atomic E-state index is 0.127. The summed E-state index contributed by atoms with van der Waals surface area (Å²) in [5.41, 5.74) is 1.02. The molecule has 0 aliphatic carbocycles. The molecule has 0 amide bonds. The zero-order chi connectivity index (χ0) is 12.5. The van der Waals surface area contributed by atoms with Gasteiger partial charge in [-0.1, -0.05) is 30.3 Å². The maximum absolute atomic E-state index is 12.2. The number of rotatable bonds is 7. The van der Waals surface area contributed by atoms with Crippen molar-refractivity contribution in [2.24, 2.45) is 0 Å². The first-order valence-electron chi connectivity index (χ1n) is 5.15. The molecule has 0 atom stereocenters. The Morgan fingerprint density at radius 1 is 1.00 bits per heavy atom. The van der Waals surface area contributed by atoms with Crippen molar-refractivity contribution in [1.29, 1.82) is 0 Å². The highest BCUT2D eigenvalue weighted by atomic mass is 19.3. The first kappa shape index (κ1) is 13.6. The molecule has 17 heavy (non-hydrogen) atoms. The van der Waals surface area contributed by atoms with Gasteiger partial charge in [0.2, 0.25) is 0 Å². The molecule has 0 radical (unpaired) electrons. The highest BCUT2D eigenvalue weighted by Crippen LogP contribution is 2.10. The van der Waals surface area contributed by atoms with Crippen LogP contribution >= 0.6 is 0 Å². The van der Waals surface area contributed by atoms with Crippen LogP contribution in [0.25, 0.3) is 0 Å². The minimum atomic E-state index is -2.43. The van der Waals surface area contributed by atoms with Crippen LogP contribution in [0.15, 0.2) is 42.4 Å². The Hall–Kier alpha value is -1.49. The van der Waals surface area contributed by atoms with Crippen LogP contribution in [0.2, 0.25) is 0 Å². The molecule has 0 unspecified atom stereocenters. The summed E-state index contributed by atoms with van der Waals surface area (Å²) in [6, 6.07) is 7.71. The second kappa shape index (κ2) is 7.73. The van der Waals surface area contributed by atoms with Crippen molar-refractivity contribution in [3.8, 4) is 0 Å². The molecule has 0 saturated carbocycles. The number of ether oxygens (including phenoxy) is 2. The van der Waals surface area contributed by atoms with Crippen LogP contribution in [0.3, 0.4) is 0 Å². The van der Waals surface area contributed by atoms with E-state index in [9.17, 15) is 13.2 Å². The standard InChI is InChI=1S/C12H13F3O2/c13-11(14)12(15)17-8-4-7-16-9-10-5-2-1-3-6-10/h1-3,5-6H,4,7-9H2. The molecule has 0 spiro atoms. The summed E-state index contributed by atoms with van der Waals surface area (Å²) in [5.74, 6) is 0. The molecule has 0 N–H and O–H groups in total. The van der Waals surface area contributed by atoms with Crippen LogP contribution < -0.4 is 0 Å². The lowest BCUT2D eigenvalue weighted by Crippen LogP contribution is -2.00. The van der Waals surface area contributed by atoms with Gasteiger partial charge in [-0.3, -0.25) is 0 Å². The zero-order valence-corrected chi connectivity index (χ0v) is 9.17. The maximum atomic E-state index is 12.2. The summed E-state index contributed by atoms with van der Waals surface area (Å²) < 4.78 is 44.7. The van der Waals surface area contributed by atoms with Crippen LogP contribution in [0.1, 0.15) is 12.0 Å². The van der Waals surface area contributed by atoms with Gasteiger partial charge in [-0.15, -0.1) is 0 Å². The first-order chi connectivity index (χ1) is 8.20. The highest BCUT2D eigenvalue weighted by molar-refractivity contribution is 5.13. The van der Waals surface area contributed by atoms with E-state index < -0.39 is 12.1 Å². The third-order valence-corrected chi connectivity index (χ3v) is 1.92. The van der Waals surface area contributed by atoms with Gasteiger partial charge in [-0.25, -0.2) is 0 Å². The SMILES string of the molecule is FC(F)=C(F)OCCCOCc1ccccc1. The molecule has 5 heteroatoms. The van der Waals surface area contributed by atoms with E-state index in [0.29, 0.717) is 19.6 Å². The Labute approximate surface area is 97.7 Å². The lowest BCUT2D eigenvalue weighted by atomic mass is 10.2. The minimum Gasteiger partial charge on any atom is -0.467 e. The van der Waals surface area contributed by atoms with Crippen LogP contribution in [-0.2, 0) is 16.1 Å². The fourth-order valence-electron chi connectivity index (χ4n) is 1.14. The summed E-state index contributed by atoms with van der Waals surface area (Å²) in [5, 5.41) is 0. The number of hydrogen-bond acceptors (Lipinski definition) is 2. The normalized spacial score (nSPS) is 10.1. The topological polar surface area (TPSA) is 18.5 Å². The molecule has 1 aromatic rings. The van der Waals surface area contributed by atoms with Crippen molar-refractivity contribution >= 4 is 0 Å². The molecule has 0 fully saturated rings. The fraction of sp³-hybridized carbons (Fsp3) is 0.333. The molecule has 0 heterocycles. The largest absolute Gasteiger partial charge is 0.467 e. The smallest absolute Gasteiger partial charge is 0.342 e. The Bertz CT molecular complexity index is 348. The van der Waals surface area contributed by atoms with Crippen LogP contribution in [0.5, 0.6) is 0 Å². The molecule has 0 aliphatic rings. The lowest BCUT2D eigenvalue weighted by molar-refractivity contribution is 0.0736. The average Bonchev–Trinajstić information content (AvgIpc) is 2.34. The molecule has 0 aliphatic heterocycles. The molecular formula is C12H13F3O2. The van der Waals surface area contributed by atoms with E-state index in [2.05, 4.69) is 4.74 Å². The summed E-state index contributed by atoms with van der Waals surface area (Å²) in [7, 11) is 0. The summed E-state index contributed by atoms with van der Waals surface area (Å²) in [6.45, 7) is 0.644. The Kier molecular flexibility index (Phi) is 6.17. The van der Waals surface area contributed by atoms with E-state index in [0.717, 1.165) is 5.56 Å². The van der Waals surface area contributed by atoms with E-state index in [1.807, 2.05) is 30.3 Å². The van der Waals surface area contributed by atoms with Gasteiger partial charge in [0, 0.05) is 6.42 Å². The van der Waals surface area contributed by atoms with Gasteiger partial charge in [0.1, 0.15) is 0 Å². The van der Waals surface area contributed by atoms with Crippen molar-refractivity contribution in [3.63, 3.8) is 0 Å². The molecule has 94 valence electrons. The van der Waals surface area contributed by atoms with Crippen molar-refractivity contribution in [3.05, 3.63) is 48.0 Å². The van der Waals surface area contributed by atoms with Gasteiger partial charge < -0.3 is 9.47 Å². The van der Waals surface area contributed by atoms with Crippen LogP contribution in [0, 0.1) is 0 Å². The van der Waals surface area contributed by atoms with Crippen LogP contribution in [0.4, 0.5) is 13.2 Å². The van der Waals surface area contributed by atoms with E-state index >= 15 is 0 Å². The molecule has 1 rings (SSSR count). The predicted molar refractivity (Wildman–Crippen MR) is 57.0 cm³/mol. The monoisotopic (exact) mass is 246 g/mol. The van der Waals surface area contributed by atoms with E-state index in [4.69, 9.17) is 4.74 Å². The maximum Gasteiger partial charge on any atom is 0.342 e. The average molecular weight is 246 g/mol. The van der Waals surface area contributed by atoms with E-state index in [-0.39, 0.29) is 6.61 Å². The molecule has 2 nitrogen and oxygen atoms in total. The van der Waals surface area contributed by atoms with Crippen molar-refractivity contribution in [2.45, 2.75) is 13.0 Å². The zero-order valence-electron chi connectivity index (χ0n) is 9.17. The highest BCUT2D eigenvalue weighted by Gasteiger charge is 2.04. The Morgan fingerprint density at radius 2 is 1.71 bits per heavy atom. The van der Waals surface area contributed by atoms with Crippen molar-refractivity contribution < 1.29 is 22.6 Å². The summed E-state index contributed by atoms with van der Waals surface area (Å²) in [6.07, 6.45) is -2.08. The number of halogens is 3. The molecule has 1 aromatic carbocycles. The molecule has 0 saturated heterocycles. The van der Waals surface area contributed by atoms with Crippen molar-refractivity contribution in [1.82, 2.24) is 0 Å². The quantitative estimate of drug-likeness (QED) is 0.540. The van der Waals surface area contributed by atoms with Gasteiger partial charge in [0.15, 0.2) is 0 Å². The lowest BCUT2D eigenvalue weighted by Gasteiger charge is -2.04. The third kappa shape index (κ3) is 5.97. The number of hydrogen-bond donors (Lipinski definition) is 0. The third-order valence-electron chi connectivity index (χ3n) is 1.92. The molecule has 0 bridgehead atoms. The molecular weight excluding hydrogens is 233 g/mol. The van der Waals surface area contributed by atoms with Gasteiger partial charge in [0.25, 0.3) is 0 Å². The summed E-state index contributed by atoms with van der Waals surface area (Å²) in [4.78, 5) is 0.